The summed E-state index contributed by atoms with van der Waals surface area (Å²) in [6.07, 6.45) is -1.65. The first-order valence-corrected chi connectivity index (χ1v) is 4.38. The highest BCUT2D eigenvalue weighted by Gasteiger charge is 2.24. The van der Waals surface area contributed by atoms with Crippen LogP contribution >= 0.6 is 11.6 Å². The molecule has 0 aliphatic carbocycles. The van der Waals surface area contributed by atoms with Crippen molar-refractivity contribution in [1.82, 2.24) is 4.98 Å². The van der Waals surface area contributed by atoms with E-state index in [1.807, 2.05) is 0 Å². The van der Waals surface area contributed by atoms with E-state index in [0.29, 0.717) is 5.56 Å². The number of carbonyl (C=O) groups excluding carboxylic acids is 1. The molecule has 0 radical (unpaired) electrons. The number of aryl methyl sites for hydroxylation is 1. The molecule has 0 bridgehead atoms. The van der Waals surface area contributed by atoms with Crippen LogP contribution in [0, 0.1) is 6.92 Å². The average molecular weight is 236 g/mol. The van der Waals surface area contributed by atoms with Crippen LogP contribution in [0.2, 0.25) is 0 Å². The average Bonchev–Trinajstić information content (AvgIpc) is 2.16. The molecule has 0 N–H and O–H groups in total. The van der Waals surface area contributed by atoms with Crippen LogP contribution in [0.3, 0.4) is 0 Å². The van der Waals surface area contributed by atoms with Crippen molar-refractivity contribution in [3.8, 4) is 5.75 Å². The smallest absolute Gasteiger partial charge is 0.281 e. The van der Waals surface area contributed by atoms with Gasteiger partial charge in [-0.1, -0.05) is 0 Å². The molecule has 82 valence electrons. The molecule has 0 aliphatic heterocycles. The first-order valence-electron chi connectivity index (χ1n) is 4.00. The number of methoxy groups -OCH3 is 1. The van der Waals surface area contributed by atoms with E-state index in [2.05, 4.69) is 4.98 Å². The molecule has 0 aromatic carbocycles. The molecule has 0 saturated heterocycles. The Labute approximate surface area is 90.0 Å². The van der Waals surface area contributed by atoms with Crippen molar-refractivity contribution in [2.45, 2.75) is 13.3 Å². The molecule has 0 spiro atoms. The predicted octanol–water partition coefficient (Wildman–Crippen LogP) is 2.72. The molecular weight excluding hydrogens is 228 g/mol. The number of aromatic nitrogens is 1. The van der Waals surface area contributed by atoms with E-state index in [0.717, 1.165) is 0 Å². The van der Waals surface area contributed by atoms with E-state index in [1.165, 1.54) is 13.3 Å². The predicted molar refractivity (Wildman–Crippen MR) is 50.7 cm³/mol. The van der Waals surface area contributed by atoms with E-state index in [-0.39, 0.29) is 11.3 Å². The third-order valence-corrected chi connectivity index (χ3v) is 2.04. The number of nitrogens with zero attached hydrogens (tertiary/aromatic N) is 1. The molecule has 1 aromatic heterocycles. The van der Waals surface area contributed by atoms with Crippen molar-refractivity contribution < 1.29 is 18.3 Å². The molecule has 1 aromatic rings. The minimum absolute atomic E-state index is 0.0419. The molecule has 0 saturated carbocycles. The SMILES string of the molecule is COc1c(C)cnc(C(F)F)c1C(=O)Cl. The van der Waals surface area contributed by atoms with Gasteiger partial charge >= 0.3 is 0 Å². The van der Waals surface area contributed by atoms with E-state index in [9.17, 15) is 13.6 Å². The van der Waals surface area contributed by atoms with Gasteiger partial charge in [0.05, 0.1) is 7.11 Å². The molecular formula is C9H8ClF2NO2. The maximum Gasteiger partial charge on any atom is 0.281 e. The summed E-state index contributed by atoms with van der Waals surface area (Å²) < 4.78 is 29.9. The molecule has 3 nitrogen and oxygen atoms in total. The minimum Gasteiger partial charge on any atom is -0.496 e. The van der Waals surface area contributed by atoms with Crippen LogP contribution < -0.4 is 4.74 Å². The van der Waals surface area contributed by atoms with Crippen molar-refractivity contribution in [2.24, 2.45) is 0 Å². The van der Waals surface area contributed by atoms with Crippen LogP contribution in [0.15, 0.2) is 6.20 Å². The highest BCUT2D eigenvalue weighted by Crippen LogP contribution is 2.31. The molecule has 6 heteroatoms. The van der Waals surface area contributed by atoms with Crippen LogP contribution in [-0.2, 0) is 0 Å². The van der Waals surface area contributed by atoms with Gasteiger partial charge in [-0.3, -0.25) is 9.78 Å². The van der Waals surface area contributed by atoms with E-state index in [1.54, 1.807) is 6.92 Å². The number of halogens is 3. The van der Waals surface area contributed by atoms with Gasteiger partial charge in [-0.25, -0.2) is 8.78 Å². The largest absolute Gasteiger partial charge is 0.496 e. The van der Waals surface area contributed by atoms with Gasteiger partial charge < -0.3 is 4.74 Å². The van der Waals surface area contributed by atoms with Crippen LogP contribution in [0.25, 0.3) is 0 Å². The lowest BCUT2D eigenvalue weighted by molar-refractivity contribution is 0.105. The van der Waals surface area contributed by atoms with Gasteiger partial charge in [0.25, 0.3) is 11.7 Å². The molecule has 1 rings (SSSR count). The Hall–Kier alpha value is -1.23. The standard InChI is InChI=1S/C9H8ClF2NO2/c1-4-3-13-6(9(11)12)5(8(10)14)7(4)15-2/h3,9H,1-2H3. The summed E-state index contributed by atoms with van der Waals surface area (Å²) in [5.74, 6) is 0.0419. The number of pyridine rings is 1. The van der Waals surface area contributed by atoms with Gasteiger partial charge in [-0.15, -0.1) is 0 Å². The summed E-state index contributed by atoms with van der Waals surface area (Å²) in [5.41, 5.74) is -0.544. The van der Waals surface area contributed by atoms with Gasteiger partial charge in [0.15, 0.2) is 0 Å². The monoisotopic (exact) mass is 235 g/mol. The van der Waals surface area contributed by atoms with Gasteiger partial charge in [0.2, 0.25) is 0 Å². The second kappa shape index (κ2) is 4.53. The molecule has 0 atom stereocenters. The first kappa shape index (κ1) is 11.8. The maximum atomic E-state index is 12.5. The van der Waals surface area contributed by atoms with E-state index < -0.39 is 17.4 Å². The molecule has 0 unspecified atom stereocenters. The normalized spacial score (nSPS) is 10.5. The Bertz CT molecular complexity index is 396. The fourth-order valence-corrected chi connectivity index (χ4v) is 1.40. The zero-order chi connectivity index (χ0) is 11.6. The Balaban J connectivity index is 3.49. The highest BCUT2D eigenvalue weighted by molar-refractivity contribution is 6.68. The fourth-order valence-electron chi connectivity index (χ4n) is 1.22. The van der Waals surface area contributed by atoms with Crippen LogP contribution in [0.1, 0.15) is 28.0 Å². The topological polar surface area (TPSA) is 39.2 Å². The van der Waals surface area contributed by atoms with Gasteiger partial charge in [-0.05, 0) is 18.5 Å². The fraction of sp³-hybridized carbons (Fsp3) is 0.333. The number of hydrogen-bond acceptors (Lipinski definition) is 3. The number of alkyl halides is 2. The summed E-state index contributed by atoms with van der Waals surface area (Å²) in [4.78, 5) is 14.5. The first-order chi connectivity index (χ1) is 6.99. The lowest BCUT2D eigenvalue weighted by atomic mass is 10.1. The summed E-state index contributed by atoms with van der Waals surface area (Å²) in [6, 6.07) is 0. The lowest BCUT2D eigenvalue weighted by Gasteiger charge is -2.11. The number of rotatable bonds is 3. The van der Waals surface area contributed by atoms with Crippen molar-refractivity contribution in [3.63, 3.8) is 0 Å². The highest BCUT2D eigenvalue weighted by atomic mass is 35.5. The van der Waals surface area contributed by atoms with Crippen molar-refractivity contribution in [2.75, 3.05) is 7.11 Å². The molecule has 15 heavy (non-hydrogen) atoms. The van der Waals surface area contributed by atoms with E-state index in [4.69, 9.17) is 16.3 Å². The molecule has 1 heterocycles. The maximum absolute atomic E-state index is 12.5. The number of carbonyl (C=O) groups is 1. The summed E-state index contributed by atoms with van der Waals surface area (Å²) in [7, 11) is 1.28. The minimum atomic E-state index is -2.86. The third-order valence-electron chi connectivity index (χ3n) is 1.85. The zero-order valence-electron chi connectivity index (χ0n) is 8.05. The van der Waals surface area contributed by atoms with Crippen molar-refractivity contribution >= 4 is 16.8 Å². The number of ether oxygens (including phenoxy) is 1. The lowest BCUT2D eigenvalue weighted by Crippen LogP contribution is -2.06. The van der Waals surface area contributed by atoms with Crippen LogP contribution in [0.4, 0.5) is 8.78 Å². The molecule has 0 fully saturated rings. The second-order valence-electron chi connectivity index (χ2n) is 2.81. The quantitative estimate of drug-likeness (QED) is 0.756. The van der Waals surface area contributed by atoms with Gasteiger partial charge in [0, 0.05) is 11.8 Å². The summed E-state index contributed by atoms with van der Waals surface area (Å²) >= 11 is 5.22. The summed E-state index contributed by atoms with van der Waals surface area (Å²) in [6.45, 7) is 1.59. The van der Waals surface area contributed by atoms with E-state index >= 15 is 0 Å². The van der Waals surface area contributed by atoms with Crippen LogP contribution in [-0.4, -0.2) is 17.3 Å². The summed E-state index contributed by atoms with van der Waals surface area (Å²) in [5, 5.41) is -1.00. The van der Waals surface area contributed by atoms with Crippen LogP contribution in [0.5, 0.6) is 5.75 Å². The molecule has 0 aliphatic rings. The second-order valence-corrected chi connectivity index (χ2v) is 3.15. The van der Waals surface area contributed by atoms with Gasteiger partial charge in [0.1, 0.15) is 17.0 Å². The Morgan fingerprint density at radius 3 is 2.60 bits per heavy atom. The molecule has 0 amide bonds. The zero-order valence-corrected chi connectivity index (χ0v) is 8.81. The Morgan fingerprint density at radius 1 is 1.60 bits per heavy atom. The Morgan fingerprint density at radius 2 is 2.20 bits per heavy atom. The Kier molecular flexibility index (Phi) is 3.57. The van der Waals surface area contributed by atoms with Crippen molar-refractivity contribution in [3.05, 3.63) is 23.0 Å². The van der Waals surface area contributed by atoms with Gasteiger partial charge in [-0.2, -0.15) is 0 Å². The van der Waals surface area contributed by atoms with Crippen molar-refractivity contribution in [1.29, 1.82) is 0 Å². The third kappa shape index (κ3) is 2.23. The number of hydrogen-bond donors (Lipinski definition) is 0.